The Hall–Kier alpha value is -3.30. The highest BCUT2D eigenvalue weighted by Crippen LogP contribution is 2.33. The number of ether oxygens (including phenoxy) is 1. The third-order valence-electron chi connectivity index (χ3n) is 4.35. The molecule has 0 saturated heterocycles. The van der Waals surface area contributed by atoms with Crippen LogP contribution in [0.2, 0.25) is 5.02 Å². The number of rotatable bonds is 5. The number of halogens is 2. The third-order valence-corrected chi connectivity index (χ3v) is 4.66. The minimum atomic E-state index is -1.83. The van der Waals surface area contributed by atoms with Gasteiger partial charge in [-0.15, -0.1) is 0 Å². The van der Waals surface area contributed by atoms with Gasteiger partial charge in [0.15, 0.2) is 0 Å². The molecule has 1 aliphatic heterocycles. The first-order chi connectivity index (χ1) is 13.8. The van der Waals surface area contributed by atoms with Crippen LogP contribution in [0, 0.1) is 5.82 Å². The summed E-state index contributed by atoms with van der Waals surface area (Å²) < 4.78 is 18.6. The highest BCUT2D eigenvalue weighted by atomic mass is 35.5. The molecular weight excluding hydrogens is 403 g/mol. The summed E-state index contributed by atoms with van der Waals surface area (Å²) in [6.07, 6.45) is 0. The molecule has 8 nitrogen and oxygen atoms in total. The molecule has 3 rings (SSSR count). The zero-order valence-electron chi connectivity index (χ0n) is 15.2. The molecule has 0 bridgehead atoms. The van der Waals surface area contributed by atoms with Crippen LogP contribution in [0.1, 0.15) is 15.9 Å². The summed E-state index contributed by atoms with van der Waals surface area (Å²) in [7, 11) is 1.40. The van der Waals surface area contributed by atoms with E-state index in [1.807, 2.05) is 0 Å². The lowest BCUT2D eigenvalue weighted by Gasteiger charge is -2.26. The second kappa shape index (κ2) is 7.98. The van der Waals surface area contributed by atoms with E-state index in [1.54, 1.807) is 0 Å². The van der Waals surface area contributed by atoms with Crippen LogP contribution in [0.5, 0.6) is 0 Å². The number of hydrogen-bond acceptors (Lipinski definition) is 5. The number of hydrogen-bond donors (Lipinski definition) is 3. The fourth-order valence-electron chi connectivity index (χ4n) is 2.93. The van der Waals surface area contributed by atoms with E-state index >= 15 is 0 Å². The molecule has 2 aromatic rings. The minimum Gasteiger partial charge on any atom is -0.366 e. The molecule has 2 aromatic carbocycles. The van der Waals surface area contributed by atoms with E-state index in [0.29, 0.717) is 5.69 Å². The monoisotopic (exact) mass is 418 g/mol. The molecule has 10 heteroatoms. The molecule has 1 aliphatic rings. The summed E-state index contributed by atoms with van der Waals surface area (Å²) >= 11 is 5.89. The molecule has 0 saturated carbocycles. The van der Waals surface area contributed by atoms with Crippen molar-refractivity contribution in [3.8, 4) is 0 Å². The summed E-state index contributed by atoms with van der Waals surface area (Å²) in [5, 5.41) is 4.98. The van der Waals surface area contributed by atoms with Crippen LogP contribution in [0.3, 0.4) is 0 Å². The van der Waals surface area contributed by atoms with Crippen molar-refractivity contribution in [1.29, 1.82) is 0 Å². The van der Waals surface area contributed by atoms with Crippen LogP contribution in [-0.4, -0.2) is 37.2 Å². The Morgan fingerprint density at radius 3 is 2.45 bits per heavy atom. The number of anilines is 1. The van der Waals surface area contributed by atoms with Crippen molar-refractivity contribution in [2.75, 3.05) is 19.1 Å². The number of primary amides is 1. The highest BCUT2D eigenvalue weighted by Gasteiger charge is 2.51. The molecule has 0 spiro atoms. The molecule has 1 unspecified atom stereocenters. The maximum atomic E-state index is 13.1. The van der Waals surface area contributed by atoms with E-state index in [4.69, 9.17) is 22.1 Å². The summed E-state index contributed by atoms with van der Waals surface area (Å²) in [5.74, 6) is -2.59. The van der Waals surface area contributed by atoms with E-state index in [-0.39, 0.29) is 28.6 Å². The van der Waals surface area contributed by atoms with Gasteiger partial charge in [0.05, 0.1) is 10.6 Å². The van der Waals surface area contributed by atoms with Crippen LogP contribution in [0.25, 0.3) is 0 Å². The highest BCUT2D eigenvalue weighted by molar-refractivity contribution is 6.46. The number of amides is 3. The predicted molar refractivity (Wildman–Crippen MR) is 104 cm³/mol. The van der Waals surface area contributed by atoms with Crippen molar-refractivity contribution in [2.24, 2.45) is 10.7 Å². The van der Waals surface area contributed by atoms with Crippen LogP contribution in [-0.2, 0) is 19.9 Å². The van der Waals surface area contributed by atoms with Gasteiger partial charge in [0.2, 0.25) is 5.60 Å². The van der Waals surface area contributed by atoms with Crippen molar-refractivity contribution < 1.29 is 23.5 Å². The molecule has 0 aromatic heterocycles. The summed E-state index contributed by atoms with van der Waals surface area (Å²) in [6.45, 7) is -0.201. The Bertz CT molecular complexity index is 1030. The predicted octanol–water partition coefficient (Wildman–Crippen LogP) is 1.59. The molecule has 1 heterocycles. The van der Waals surface area contributed by atoms with E-state index in [0.717, 1.165) is 12.1 Å². The van der Waals surface area contributed by atoms with E-state index < -0.39 is 29.1 Å². The second-order valence-corrected chi connectivity index (χ2v) is 6.47. The average Bonchev–Trinajstić information content (AvgIpc) is 3.14. The van der Waals surface area contributed by atoms with Crippen LogP contribution >= 0.6 is 11.6 Å². The topological polar surface area (TPSA) is 123 Å². The van der Waals surface area contributed by atoms with Gasteiger partial charge in [-0.2, -0.15) is 0 Å². The van der Waals surface area contributed by atoms with Crippen molar-refractivity contribution in [2.45, 2.75) is 5.60 Å². The van der Waals surface area contributed by atoms with E-state index in [1.165, 1.54) is 37.4 Å². The molecule has 3 amide bonds. The van der Waals surface area contributed by atoms with E-state index in [9.17, 15) is 18.8 Å². The number of benzene rings is 2. The van der Waals surface area contributed by atoms with Gasteiger partial charge in [0, 0.05) is 12.7 Å². The molecule has 150 valence electrons. The first-order valence-corrected chi connectivity index (χ1v) is 8.75. The van der Waals surface area contributed by atoms with Gasteiger partial charge in [-0.25, -0.2) is 4.39 Å². The van der Waals surface area contributed by atoms with Crippen molar-refractivity contribution in [3.05, 3.63) is 64.4 Å². The van der Waals surface area contributed by atoms with Gasteiger partial charge in [-0.1, -0.05) is 23.7 Å². The number of aliphatic imine (C=N–C) groups is 1. The minimum absolute atomic E-state index is 0.0300. The van der Waals surface area contributed by atoms with Gasteiger partial charge in [0.1, 0.15) is 18.3 Å². The lowest BCUT2D eigenvalue weighted by molar-refractivity contribution is -0.135. The number of carbonyl (C=O) groups is 3. The Labute approximate surface area is 169 Å². The van der Waals surface area contributed by atoms with Gasteiger partial charge >= 0.3 is 0 Å². The smallest absolute Gasteiger partial charge is 0.269 e. The number of nitrogens with zero attached hydrogens (tertiary/aromatic N) is 1. The largest absolute Gasteiger partial charge is 0.366 e. The standard InChI is InChI=1S/C19H16ClFN4O4/c1-23-17(27)15-19(18(22)28,29-9-24-15)10-2-5-12(6-3-10)25-16(26)13-7-4-11(21)8-14(13)20/h2-8H,9H2,1H3,(H2,22,28)(H,23,27)(H,25,26). The molecule has 0 fully saturated rings. The second-order valence-electron chi connectivity index (χ2n) is 6.06. The van der Waals surface area contributed by atoms with Crippen LogP contribution in [0.4, 0.5) is 10.1 Å². The Kier molecular flexibility index (Phi) is 5.62. The fraction of sp³-hybridized carbons (Fsp3) is 0.158. The fourth-order valence-corrected chi connectivity index (χ4v) is 3.19. The zero-order chi connectivity index (χ0) is 21.2. The molecule has 4 N–H and O–H groups in total. The molecule has 1 atom stereocenters. The Morgan fingerprint density at radius 1 is 1.17 bits per heavy atom. The first-order valence-electron chi connectivity index (χ1n) is 8.37. The quantitative estimate of drug-likeness (QED) is 0.682. The molecule has 0 aliphatic carbocycles. The molecule has 0 radical (unpaired) electrons. The Morgan fingerprint density at radius 2 is 1.86 bits per heavy atom. The van der Waals surface area contributed by atoms with Gasteiger partial charge < -0.3 is 21.1 Å². The summed E-state index contributed by atoms with van der Waals surface area (Å²) in [5.41, 5.74) is 4.30. The summed E-state index contributed by atoms with van der Waals surface area (Å²) in [6, 6.07) is 9.39. The molecule has 29 heavy (non-hydrogen) atoms. The number of carbonyl (C=O) groups excluding carboxylic acids is 3. The maximum absolute atomic E-state index is 13.1. The lowest BCUT2D eigenvalue weighted by atomic mass is 9.87. The van der Waals surface area contributed by atoms with E-state index in [2.05, 4.69) is 15.6 Å². The number of nitrogens with two attached hydrogens (primary N) is 1. The van der Waals surface area contributed by atoms with Crippen LogP contribution < -0.4 is 16.4 Å². The zero-order valence-corrected chi connectivity index (χ0v) is 15.9. The van der Waals surface area contributed by atoms with Gasteiger partial charge in [-0.05, 0) is 35.9 Å². The summed E-state index contributed by atoms with van der Waals surface area (Å²) in [4.78, 5) is 40.6. The SMILES string of the molecule is CNC(=O)C1=NCOC1(C(N)=O)c1ccc(NC(=O)c2ccc(F)cc2Cl)cc1. The third kappa shape index (κ3) is 3.69. The van der Waals surface area contributed by atoms with Gasteiger partial charge in [-0.3, -0.25) is 19.4 Å². The normalized spacial score (nSPS) is 18.1. The van der Waals surface area contributed by atoms with Crippen molar-refractivity contribution in [3.63, 3.8) is 0 Å². The van der Waals surface area contributed by atoms with Crippen molar-refractivity contribution >= 4 is 40.7 Å². The average molecular weight is 419 g/mol. The van der Waals surface area contributed by atoms with Gasteiger partial charge in [0.25, 0.3) is 17.7 Å². The lowest BCUT2D eigenvalue weighted by Crippen LogP contribution is -2.52. The molecular formula is C19H16ClFN4O4. The maximum Gasteiger partial charge on any atom is 0.269 e. The first kappa shape index (κ1) is 20.4. The van der Waals surface area contributed by atoms with Crippen molar-refractivity contribution in [1.82, 2.24) is 5.32 Å². The van der Waals surface area contributed by atoms with Crippen LogP contribution in [0.15, 0.2) is 47.5 Å². The number of nitrogens with one attached hydrogen (secondary N) is 2. The Balaban J connectivity index is 1.87.